The fraction of sp³-hybridized carbons (Fsp3) is 0.375. The molecular weight excluding hydrogens is 336 g/mol. The third kappa shape index (κ3) is 4.92. The number of aromatic nitrogens is 1. The van der Waals surface area contributed by atoms with Crippen LogP contribution in [0.25, 0.3) is 10.6 Å². The van der Waals surface area contributed by atoms with Crippen molar-refractivity contribution in [1.29, 1.82) is 0 Å². The van der Waals surface area contributed by atoms with Gasteiger partial charge >= 0.3 is 0 Å². The van der Waals surface area contributed by atoms with Crippen molar-refractivity contribution < 1.29 is 14.3 Å². The maximum Gasteiger partial charge on any atom is 0.270 e. The minimum absolute atomic E-state index is 0.219. The molecule has 1 aromatic heterocycles. The highest BCUT2D eigenvalue weighted by molar-refractivity contribution is 7.13. The maximum absolute atomic E-state index is 11.9. The van der Waals surface area contributed by atoms with Gasteiger partial charge in [0, 0.05) is 24.6 Å². The van der Waals surface area contributed by atoms with Crippen molar-refractivity contribution in [1.82, 2.24) is 10.3 Å². The Morgan fingerprint density at radius 1 is 1.39 bits per heavy atom. The number of ether oxygens (including phenoxy) is 2. The van der Waals surface area contributed by atoms with Gasteiger partial charge in [-0.2, -0.15) is 0 Å². The predicted octanol–water partition coefficient (Wildman–Crippen LogP) is 3.63. The number of benzene rings is 1. The number of carbonyl (C=O) groups excluding carboxylic acids is 1. The van der Waals surface area contributed by atoms with Crippen molar-refractivity contribution in [2.75, 3.05) is 26.9 Å². The summed E-state index contributed by atoms with van der Waals surface area (Å²) >= 11 is 7.68. The molecule has 7 heteroatoms. The molecule has 5 nitrogen and oxygen atoms in total. The SMILES string of the molecule is CCCOc1ccc(-c2nc(C(=O)NCCOC)cs2)c(Cl)c1. The molecule has 0 spiro atoms. The highest BCUT2D eigenvalue weighted by Gasteiger charge is 2.14. The van der Waals surface area contributed by atoms with E-state index in [9.17, 15) is 4.79 Å². The number of nitrogens with one attached hydrogen (secondary N) is 1. The van der Waals surface area contributed by atoms with Crippen LogP contribution in [0.2, 0.25) is 5.02 Å². The average Bonchev–Trinajstić information content (AvgIpc) is 3.03. The van der Waals surface area contributed by atoms with E-state index in [1.54, 1.807) is 18.6 Å². The summed E-state index contributed by atoms with van der Waals surface area (Å²) in [4.78, 5) is 16.3. The molecule has 2 rings (SSSR count). The zero-order valence-corrected chi connectivity index (χ0v) is 14.7. The Bertz CT molecular complexity index is 661. The molecule has 0 unspecified atom stereocenters. The molecule has 0 saturated carbocycles. The molecule has 0 atom stereocenters. The highest BCUT2D eigenvalue weighted by atomic mass is 35.5. The van der Waals surface area contributed by atoms with E-state index < -0.39 is 0 Å². The largest absolute Gasteiger partial charge is 0.494 e. The van der Waals surface area contributed by atoms with Crippen LogP contribution in [-0.4, -0.2) is 37.8 Å². The summed E-state index contributed by atoms with van der Waals surface area (Å²) in [6.07, 6.45) is 0.938. The molecule has 0 aliphatic rings. The molecule has 0 aliphatic heterocycles. The normalized spacial score (nSPS) is 10.6. The molecule has 1 N–H and O–H groups in total. The fourth-order valence-electron chi connectivity index (χ4n) is 1.84. The summed E-state index contributed by atoms with van der Waals surface area (Å²) < 4.78 is 10.4. The number of hydrogen-bond acceptors (Lipinski definition) is 5. The van der Waals surface area contributed by atoms with Crippen LogP contribution >= 0.6 is 22.9 Å². The molecule has 0 radical (unpaired) electrons. The first kappa shape index (κ1) is 17.7. The average molecular weight is 355 g/mol. The van der Waals surface area contributed by atoms with Gasteiger partial charge < -0.3 is 14.8 Å². The maximum atomic E-state index is 11.9. The first-order valence-electron chi connectivity index (χ1n) is 7.31. The van der Waals surface area contributed by atoms with Gasteiger partial charge in [-0.25, -0.2) is 4.98 Å². The van der Waals surface area contributed by atoms with Gasteiger partial charge in [-0.1, -0.05) is 18.5 Å². The summed E-state index contributed by atoms with van der Waals surface area (Å²) in [5.74, 6) is 0.512. The van der Waals surface area contributed by atoms with E-state index in [0.29, 0.717) is 35.5 Å². The number of methoxy groups -OCH3 is 1. The second-order valence-corrected chi connectivity index (χ2v) is 6.04. The lowest BCUT2D eigenvalue weighted by Gasteiger charge is -2.07. The third-order valence-electron chi connectivity index (χ3n) is 2.97. The van der Waals surface area contributed by atoms with E-state index >= 15 is 0 Å². The minimum Gasteiger partial charge on any atom is -0.494 e. The van der Waals surface area contributed by atoms with Crippen molar-refractivity contribution in [3.63, 3.8) is 0 Å². The Kier molecular flexibility index (Phi) is 6.83. The fourth-order valence-corrected chi connectivity index (χ4v) is 2.99. The lowest BCUT2D eigenvalue weighted by Crippen LogP contribution is -2.27. The molecule has 0 saturated heterocycles. The summed E-state index contributed by atoms with van der Waals surface area (Å²) in [5, 5.41) is 5.71. The highest BCUT2D eigenvalue weighted by Crippen LogP contribution is 2.33. The van der Waals surface area contributed by atoms with Crippen LogP contribution in [0, 0.1) is 0 Å². The van der Waals surface area contributed by atoms with Gasteiger partial charge in [0.25, 0.3) is 5.91 Å². The van der Waals surface area contributed by atoms with E-state index in [2.05, 4.69) is 10.3 Å². The Balaban J connectivity index is 2.09. The van der Waals surface area contributed by atoms with E-state index in [1.807, 2.05) is 19.1 Å². The third-order valence-corrected chi connectivity index (χ3v) is 4.16. The Morgan fingerprint density at radius 2 is 2.22 bits per heavy atom. The predicted molar refractivity (Wildman–Crippen MR) is 92.6 cm³/mol. The van der Waals surface area contributed by atoms with Crippen molar-refractivity contribution in [2.24, 2.45) is 0 Å². The second-order valence-electron chi connectivity index (χ2n) is 4.78. The lowest BCUT2D eigenvalue weighted by molar-refractivity contribution is 0.0933. The monoisotopic (exact) mass is 354 g/mol. The van der Waals surface area contributed by atoms with Gasteiger partial charge in [0.1, 0.15) is 16.5 Å². The van der Waals surface area contributed by atoms with Crippen molar-refractivity contribution >= 4 is 28.8 Å². The van der Waals surface area contributed by atoms with E-state index in [4.69, 9.17) is 21.1 Å². The van der Waals surface area contributed by atoms with Crippen molar-refractivity contribution in [3.8, 4) is 16.3 Å². The first-order valence-corrected chi connectivity index (χ1v) is 8.56. The topological polar surface area (TPSA) is 60.5 Å². The van der Waals surface area contributed by atoms with Crippen LogP contribution < -0.4 is 10.1 Å². The summed E-state index contributed by atoms with van der Waals surface area (Å²) in [6.45, 7) is 3.61. The molecule has 23 heavy (non-hydrogen) atoms. The van der Waals surface area contributed by atoms with Gasteiger partial charge in [-0.15, -0.1) is 11.3 Å². The molecule has 0 fully saturated rings. The molecule has 0 bridgehead atoms. The van der Waals surface area contributed by atoms with E-state index in [1.165, 1.54) is 11.3 Å². The summed E-state index contributed by atoms with van der Waals surface area (Å²) in [5.41, 5.74) is 1.17. The van der Waals surface area contributed by atoms with Crippen molar-refractivity contribution in [3.05, 3.63) is 34.3 Å². The molecular formula is C16H19ClN2O3S. The molecule has 1 aromatic carbocycles. The molecule has 1 amide bonds. The first-order chi connectivity index (χ1) is 11.2. The number of thiazole rings is 1. The zero-order valence-electron chi connectivity index (χ0n) is 13.1. The van der Waals surface area contributed by atoms with Gasteiger partial charge in [0.05, 0.1) is 18.2 Å². The van der Waals surface area contributed by atoms with Crippen LogP contribution in [0.3, 0.4) is 0 Å². The Hall–Kier alpha value is -1.63. The van der Waals surface area contributed by atoms with E-state index in [-0.39, 0.29) is 5.91 Å². The van der Waals surface area contributed by atoms with Crippen LogP contribution in [0.5, 0.6) is 5.75 Å². The summed E-state index contributed by atoms with van der Waals surface area (Å²) in [7, 11) is 1.59. The summed E-state index contributed by atoms with van der Waals surface area (Å²) in [6, 6.07) is 5.49. The van der Waals surface area contributed by atoms with E-state index in [0.717, 1.165) is 17.7 Å². The molecule has 1 heterocycles. The number of nitrogens with zero attached hydrogens (tertiary/aromatic N) is 1. The van der Waals surface area contributed by atoms with Gasteiger partial charge in [-0.3, -0.25) is 4.79 Å². The minimum atomic E-state index is -0.219. The lowest BCUT2D eigenvalue weighted by atomic mass is 10.2. The van der Waals surface area contributed by atoms with Crippen molar-refractivity contribution in [2.45, 2.75) is 13.3 Å². The number of rotatable bonds is 8. The molecule has 2 aromatic rings. The van der Waals surface area contributed by atoms with Crippen LogP contribution in [0.1, 0.15) is 23.8 Å². The zero-order chi connectivity index (χ0) is 16.7. The van der Waals surface area contributed by atoms with Crippen LogP contribution in [0.4, 0.5) is 0 Å². The smallest absolute Gasteiger partial charge is 0.270 e. The van der Waals surface area contributed by atoms with Gasteiger partial charge in [0.2, 0.25) is 0 Å². The van der Waals surface area contributed by atoms with Gasteiger partial charge in [0.15, 0.2) is 0 Å². The standard InChI is InChI=1S/C16H19ClN2O3S/c1-3-7-22-11-4-5-12(13(17)9-11)16-19-14(10-23-16)15(20)18-6-8-21-2/h4-5,9-10H,3,6-8H2,1-2H3,(H,18,20). The Morgan fingerprint density at radius 3 is 2.91 bits per heavy atom. The van der Waals surface area contributed by atoms with Crippen LogP contribution in [-0.2, 0) is 4.74 Å². The molecule has 0 aliphatic carbocycles. The Labute approximate surface area is 144 Å². The number of hydrogen-bond donors (Lipinski definition) is 1. The second kappa shape index (κ2) is 8.86. The number of halogens is 1. The number of carbonyl (C=O) groups is 1. The quantitative estimate of drug-likeness (QED) is 0.735. The van der Waals surface area contributed by atoms with Gasteiger partial charge in [-0.05, 0) is 24.6 Å². The van der Waals surface area contributed by atoms with Crippen LogP contribution in [0.15, 0.2) is 23.6 Å². The molecule has 124 valence electrons. The number of amides is 1.